The highest BCUT2D eigenvalue weighted by Gasteiger charge is 2.21. The van der Waals surface area contributed by atoms with E-state index in [0.717, 1.165) is 26.4 Å². The van der Waals surface area contributed by atoms with Gasteiger partial charge in [-0.05, 0) is 54.1 Å². The highest BCUT2D eigenvalue weighted by atomic mass is 32.2. The zero-order chi connectivity index (χ0) is 22.3. The normalized spacial score (nSPS) is 10.8. The largest absolute Gasteiger partial charge is 0.497 e. The number of para-hydroxylation sites is 1. The second kappa shape index (κ2) is 10.5. The average Bonchev–Trinajstić information content (AvgIpc) is 3.27. The summed E-state index contributed by atoms with van der Waals surface area (Å²) in [5.41, 5.74) is 1.78. The first-order valence-electron chi connectivity index (χ1n) is 10.1. The molecule has 0 aliphatic rings. The predicted octanol–water partition coefficient (Wildman–Crippen LogP) is 5.42. The fraction of sp³-hybridized carbons (Fsp3) is 0.208. The molecule has 1 amide bonds. The summed E-state index contributed by atoms with van der Waals surface area (Å²) < 4.78 is 11.6. The number of thioether (sulfide) groups is 1. The summed E-state index contributed by atoms with van der Waals surface area (Å²) >= 11 is 3.14. The molecule has 0 aliphatic heterocycles. The molecule has 2 aromatic carbocycles. The molecule has 0 unspecified atom stereocenters. The van der Waals surface area contributed by atoms with Crippen LogP contribution in [-0.4, -0.2) is 35.8 Å². The number of carbonyl (C=O) groups excluding carboxylic acids is 1. The average molecular weight is 466 g/mol. The van der Waals surface area contributed by atoms with Gasteiger partial charge in [-0.2, -0.15) is 0 Å². The van der Waals surface area contributed by atoms with Gasteiger partial charge in [0.25, 0.3) is 0 Å². The Morgan fingerprint density at radius 1 is 1.03 bits per heavy atom. The standard InChI is InChI=1S/C24H23N3O3S2/c1-29-18-6-8-19(9-7-18)31-15-12-22(28)27(16-17-10-13-25-14-11-17)24-26-23-20(30-2)4-3-5-21(23)32-24/h3-11,13-14H,12,15-16H2,1-2H3. The molecule has 6 nitrogen and oxygen atoms in total. The Kier molecular flexibility index (Phi) is 7.24. The van der Waals surface area contributed by atoms with Gasteiger partial charge in [0.2, 0.25) is 5.91 Å². The minimum absolute atomic E-state index is 0.0286. The second-order valence-electron chi connectivity index (χ2n) is 6.91. The number of hydrogen-bond acceptors (Lipinski definition) is 7. The molecule has 8 heteroatoms. The maximum atomic E-state index is 13.3. The lowest BCUT2D eigenvalue weighted by Crippen LogP contribution is -2.30. The number of rotatable bonds is 9. The summed E-state index contributed by atoms with van der Waals surface area (Å²) in [6, 6.07) is 17.5. The van der Waals surface area contributed by atoms with Crippen molar-refractivity contribution in [3.63, 3.8) is 0 Å². The van der Waals surface area contributed by atoms with Crippen molar-refractivity contribution in [3.05, 3.63) is 72.6 Å². The highest BCUT2D eigenvalue weighted by Crippen LogP contribution is 2.35. The summed E-state index contributed by atoms with van der Waals surface area (Å²) in [6.07, 6.45) is 3.87. The van der Waals surface area contributed by atoms with Crippen LogP contribution in [0, 0.1) is 0 Å². The fourth-order valence-corrected chi connectivity index (χ4v) is 5.03. The smallest absolute Gasteiger partial charge is 0.229 e. The topological polar surface area (TPSA) is 64.5 Å². The number of nitrogens with zero attached hydrogens (tertiary/aromatic N) is 3. The van der Waals surface area contributed by atoms with E-state index in [2.05, 4.69) is 4.98 Å². The highest BCUT2D eigenvalue weighted by molar-refractivity contribution is 7.99. The summed E-state index contributed by atoms with van der Waals surface area (Å²) in [4.78, 5) is 25.0. The van der Waals surface area contributed by atoms with Crippen molar-refractivity contribution in [3.8, 4) is 11.5 Å². The molecular formula is C24H23N3O3S2. The first-order chi connectivity index (χ1) is 15.7. The molecule has 4 aromatic rings. The number of pyridine rings is 1. The minimum Gasteiger partial charge on any atom is -0.497 e. The van der Waals surface area contributed by atoms with Gasteiger partial charge in [0.1, 0.15) is 17.0 Å². The lowest BCUT2D eigenvalue weighted by atomic mass is 10.2. The number of carbonyl (C=O) groups is 1. The van der Waals surface area contributed by atoms with Crippen molar-refractivity contribution in [2.45, 2.75) is 17.9 Å². The molecule has 164 valence electrons. The molecule has 0 spiro atoms. The lowest BCUT2D eigenvalue weighted by molar-refractivity contribution is -0.118. The number of fused-ring (bicyclic) bond motifs is 1. The van der Waals surface area contributed by atoms with Crippen LogP contribution in [0.4, 0.5) is 5.13 Å². The van der Waals surface area contributed by atoms with E-state index in [1.54, 1.807) is 43.3 Å². The van der Waals surface area contributed by atoms with Crippen molar-refractivity contribution in [1.29, 1.82) is 0 Å². The van der Waals surface area contributed by atoms with E-state index in [1.165, 1.54) is 11.3 Å². The van der Waals surface area contributed by atoms with Gasteiger partial charge in [-0.25, -0.2) is 4.98 Å². The Hall–Kier alpha value is -3.10. The summed E-state index contributed by atoms with van der Waals surface area (Å²) in [5, 5.41) is 0.667. The fourth-order valence-electron chi connectivity index (χ4n) is 3.19. The Morgan fingerprint density at radius 3 is 2.53 bits per heavy atom. The number of methoxy groups -OCH3 is 2. The van der Waals surface area contributed by atoms with Gasteiger partial charge in [-0.1, -0.05) is 17.4 Å². The van der Waals surface area contributed by atoms with Crippen LogP contribution in [0.5, 0.6) is 11.5 Å². The lowest BCUT2D eigenvalue weighted by Gasteiger charge is -2.20. The second-order valence-corrected chi connectivity index (χ2v) is 9.09. The van der Waals surface area contributed by atoms with Crippen molar-refractivity contribution >= 4 is 44.4 Å². The number of hydrogen-bond donors (Lipinski definition) is 0. The van der Waals surface area contributed by atoms with E-state index < -0.39 is 0 Å². The number of aromatic nitrogens is 2. The molecule has 0 radical (unpaired) electrons. The third-order valence-corrected chi connectivity index (χ3v) is 6.91. The summed E-state index contributed by atoms with van der Waals surface area (Å²) in [6.45, 7) is 0.441. The van der Waals surface area contributed by atoms with E-state index in [0.29, 0.717) is 29.6 Å². The van der Waals surface area contributed by atoms with Crippen molar-refractivity contribution in [2.24, 2.45) is 0 Å². The molecule has 0 saturated carbocycles. The Morgan fingerprint density at radius 2 is 1.81 bits per heavy atom. The molecule has 4 rings (SSSR count). The minimum atomic E-state index is 0.0286. The SMILES string of the molecule is COc1ccc(SCCC(=O)N(Cc2ccncc2)c2nc3c(OC)cccc3s2)cc1. The maximum absolute atomic E-state index is 13.3. The van der Waals surface area contributed by atoms with E-state index in [4.69, 9.17) is 14.5 Å². The molecule has 0 aliphatic carbocycles. The van der Waals surface area contributed by atoms with Gasteiger partial charge in [0.15, 0.2) is 5.13 Å². The van der Waals surface area contributed by atoms with E-state index in [1.807, 2.05) is 54.6 Å². The van der Waals surface area contributed by atoms with Crippen LogP contribution in [0.15, 0.2) is 71.9 Å². The Bertz CT molecular complexity index is 1180. The molecule has 2 heterocycles. The summed E-state index contributed by atoms with van der Waals surface area (Å²) in [7, 11) is 3.28. The van der Waals surface area contributed by atoms with Gasteiger partial charge in [0.05, 0.1) is 25.5 Å². The van der Waals surface area contributed by atoms with Gasteiger partial charge in [0, 0.05) is 29.5 Å². The third-order valence-electron chi connectivity index (χ3n) is 4.86. The van der Waals surface area contributed by atoms with Crippen LogP contribution in [0.2, 0.25) is 0 Å². The molecule has 0 fully saturated rings. The molecule has 2 aromatic heterocycles. The number of benzene rings is 2. The van der Waals surface area contributed by atoms with Crippen molar-refractivity contribution < 1.29 is 14.3 Å². The van der Waals surface area contributed by atoms with Crippen LogP contribution < -0.4 is 14.4 Å². The summed E-state index contributed by atoms with van der Waals surface area (Å²) in [5.74, 6) is 2.23. The van der Waals surface area contributed by atoms with Gasteiger partial charge in [-0.15, -0.1) is 11.8 Å². The third kappa shape index (κ3) is 5.20. The van der Waals surface area contributed by atoms with Crippen LogP contribution in [0.25, 0.3) is 10.2 Å². The Labute approximate surface area is 195 Å². The van der Waals surface area contributed by atoms with Crippen LogP contribution in [0.1, 0.15) is 12.0 Å². The molecule has 0 N–H and O–H groups in total. The number of thiazole rings is 1. The van der Waals surface area contributed by atoms with E-state index in [9.17, 15) is 4.79 Å². The zero-order valence-corrected chi connectivity index (χ0v) is 19.5. The monoisotopic (exact) mass is 465 g/mol. The van der Waals surface area contributed by atoms with Gasteiger partial charge >= 0.3 is 0 Å². The molecule has 0 saturated heterocycles. The number of amides is 1. The molecule has 32 heavy (non-hydrogen) atoms. The molecule has 0 atom stereocenters. The van der Waals surface area contributed by atoms with E-state index in [-0.39, 0.29) is 5.91 Å². The number of ether oxygens (including phenoxy) is 2. The first-order valence-corrected chi connectivity index (χ1v) is 11.9. The van der Waals surface area contributed by atoms with Crippen LogP contribution >= 0.6 is 23.1 Å². The predicted molar refractivity (Wildman–Crippen MR) is 130 cm³/mol. The van der Waals surface area contributed by atoms with Gasteiger partial charge in [-0.3, -0.25) is 14.7 Å². The Balaban J connectivity index is 1.52. The molecular weight excluding hydrogens is 442 g/mol. The first kappa shape index (κ1) is 22.1. The van der Waals surface area contributed by atoms with Crippen LogP contribution in [0.3, 0.4) is 0 Å². The van der Waals surface area contributed by atoms with Crippen molar-refractivity contribution in [1.82, 2.24) is 9.97 Å². The maximum Gasteiger partial charge on any atom is 0.229 e. The van der Waals surface area contributed by atoms with E-state index >= 15 is 0 Å². The van der Waals surface area contributed by atoms with Crippen LogP contribution in [-0.2, 0) is 11.3 Å². The quantitative estimate of drug-likeness (QED) is 0.307. The number of anilines is 1. The molecule has 0 bridgehead atoms. The van der Waals surface area contributed by atoms with Crippen molar-refractivity contribution in [2.75, 3.05) is 24.9 Å². The van der Waals surface area contributed by atoms with Gasteiger partial charge < -0.3 is 9.47 Å². The zero-order valence-electron chi connectivity index (χ0n) is 17.9.